The summed E-state index contributed by atoms with van der Waals surface area (Å²) >= 11 is 4.16. The molecule has 0 spiro atoms. The fourth-order valence-electron chi connectivity index (χ4n) is 1.02. The molecule has 0 N–H and O–H groups in total. The molecule has 0 bridgehead atoms. The topological polar surface area (TPSA) is 9.23 Å². The van der Waals surface area contributed by atoms with Crippen LogP contribution < -0.4 is 4.43 Å². The molecular formula is C12H20OS2Si. The van der Waals surface area contributed by atoms with Gasteiger partial charge in [0.2, 0.25) is 8.32 Å². The van der Waals surface area contributed by atoms with Crippen molar-refractivity contribution in [2.45, 2.75) is 43.8 Å². The minimum absolute atomic E-state index is 0.240. The smallest absolute Gasteiger partial charge is 0.250 e. The van der Waals surface area contributed by atoms with Crippen molar-refractivity contribution in [1.29, 1.82) is 0 Å². The Kier molecular flexibility index (Phi) is 4.43. The van der Waals surface area contributed by atoms with Gasteiger partial charge in [-0.3, -0.25) is 0 Å². The molecule has 16 heavy (non-hydrogen) atoms. The first-order chi connectivity index (χ1) is 7.26. The van der Waals surface area contributed by atoms with Crippen LogP contribution in [0.4, 0.5) is 0 Å². The van der Waals surface area contributed by atoms with Gasteiger partial charge in [-0.25, -0.2) is 0 Å². The van der Waals surface area contributed by atoms with Gasteiger partial charge in [-0.15, -0.1) is 11.7 Å². The lowest BCUT2D eigenvalue weighted by Crippen LogP contribution is -2.43. The van der Waals surface area contributed by atoms with E-state index < -0.39 is 8.32 Å². The van der Waals surface area contributed by atoms with E-state index in [9.17, 15) is 0 Å². The van der Waals surface area contributed by atoms with E-state index in [1.54, 1.807) is 0 Å². The van der Waals surface area contributed by atoms with Crippen LogP contribution in [-0.2, 0) is 0 Å². The average Bonchev–Trinajstić information content (AvgIpc) is 2.16. The summed E-state index contributed by atoms with van der Waals surface area (Å²) in [6.45, 7) is 11.3. The first-order valence-electron chi connectivity index (χ1n) is 5.37. The second-order valence-corrected chi connectivity index (χ2v) is 11.4. The summed E-state index contributed by atoms with van der Waals surface area (Å²) in [5.74, 6) is 0.970. The van der Waals surface area contributed by atoms with E-state index in [1.165, 1.54) is 10.8 Å². The molecule has 0 radical (unpaired) electrons. The van der Waals surface area contributed by atoms with Gasteiger partial charge in [0.25, 0.3) is 0 Å². The molecule has 0 aliphatic heterocycles. The van der Waals surface area contributed by atoms with Gasteiger partial charge in [0.05, 0.1) is 0 Å². The molecule has 0 unspecified atom stereocenters. The summed E-state index contributed by atoms with van der Waals surface area (Å²) in [6, 6.07) is 8.14. The Hall–Kier alpha value is -0.0631. The molecule has 4 heteroatoms. The second kappa shape index (κ2) is 5.06. The van der Waals surface area contributed by atoms with E-state index in [-0.39, 0.29) is 5.04 Å². The van der Waals surface area contributed by atoms with Crippen LogP contribution in [0.2, 0.25) is 18.1 Å². The Morgan fingerprint density at radius 2 is 1.62 bits per heavy atom. The van der Waals surface area contributed by atoms with Crippen molar-refractivity contribution >= 4 is 30.8 Å². The van der Waals surface area contributed by atoms with Gasteiger partial charge in [-0.05, 0) is 42.4 Å². The zero-order valence-corrected chi connectivity index (χ0v) is 13.3. The maximum absolute atomic E-state index is 6.17. The van der Waals surface area contributed by atoms with Crippen LogP contribution in [0, 0.1) is 0 Å². The Labute approximate surface area is 109 Å². The predicted molar refractivity (Wildman–Crippen MR) is 79.1 cm³/mol. The van der Waals surface area contributed by atoms with Crippen LogP contribution in [0.5, 0.6) is 5.75 Å². The molecule has 0 fully saturated rings. The Balaban J connectivity index is 2.80. The summed E-state index contributed by atoms with van der Waals surface area (Å²) in [4.78, 5) is 1.14. The van der Waals surface area contributed by atoms with Crippen LogP contribution in [0.15, 0.2) is 29.2 Å². The highest BCUT2D eigenvalue weighted by atomic mass is 33.1. The first-order valence-corrected chi connectivity index (χ1v) is 10.1. The summed E-state index contributed by atoms with van der Waals surface area (Å²) in [5.41, 5.74) is 0. The van der Waals surface area contributed by atoms with E-state index in [0.29, 0.717) is 0 Å². The highest BCUT2D eigenvalue weighted by Crippen LogP contribution is 2.37. The zero-order chi connectivity index (χ0) is 12.4. The van der Waals surface area contributed by atoms with Crippen molar-refractivity contribution in [3.05, 3.63) is 24.3 Å². The van der Waals surface area contributed by atoms with Gasteiger partial charge in [0.15, 0.2) is 0 Å². The number of benzene rings is 1. The number of rotatable bonds is 3. The van der Waals surface area contributed by atoms with Crippen LogP contribution in [-0.4, -0.2) is 8.32 Å². The number of hydrogen-bond acceptors (Lipinski definition) is 3. The van der Waals surface area contributed by atoms with E-state index >= 15 is 0 Å². The van der Waals surface area contributed by atoms with E-state index in [0.717, 1.165) is 10.6 Å². The largest absolute Gasteiger partial charge is 0.544 e. The fourth-order valence-corrected chi connectivity index (χ4v) is 2.67. The lowest BCUT2D eigenvalue weighted by molar-refractivity contribution is 0.492. The molecule has 0 aliphatic rings. The molecule has 0 aromatic heterocycles. The van der Waals surface area contributed by atoms with Crippen molar-refractivity contribution in [1.82, 2.24) is 0 Å². The van der Waals surface area contributed by atoms with Gasteiger partial charge in [-0.1, -0.05) is 31.6 Å². The van der Waals surface area contributed by atoms with Crippen LogP contribution in [0.25, 0.3) is 0 Å². The Bertz CT molecular complexity index is 341. The molecule has 0 aliphatic carbocycles. The average molecular weight is 273 g/mol. The summed E-state index contributed by atoms with van der Waals surface area (Å²) in [5, 5.41) is 0.240. The van der Waals surface area contributed by atoms with Crippen molar-refractivity contribution in [3.8, 4) is 5.75 Å². The molecule has 90 valence electrons. The standard InChI is InChI=1S/C12H20OS2Si/c1-12(2,3)16(4,5)13-10-6-8-11(15-14)9-7-10/h6-9,14H,1-5H3. The lowest BCUT2D eigenvalue weighted by atomic mass is 10.2. The summed E-state index contributed by atoms with van der Waals surface area (Å²) in [6.07, 6.45) is 0. The minimum atomic E-state index is -1.70. The highest BCUT2D eigenvalue weighted by Gasteiger charge is 2.38. The van der Waals surface area contributed by atoms with Crippen molar-refractivity contribution in [2.75, 3.05) is 0 Å². The normalized spacial score (nSPS) is 12.6. The molecule has 0 amide bonds. The monoisotopic (exact) mass is 272 g/mol. The van der Waals surface area contributed by atoms with Gasteiger partial charge in [0.1, 0.15) is 5.75 Å². The maximum Gasteiger partial charge on any atom is 0.250 e. The predicted octanol–water partition coefficient (Wildman–Crippen LogP) is 5.01. The Morgan fingerprint density at radius 1 is 1.12 bits per heavy atom. The molecule has 0 saturated heterocycles. The SMILES string of the molecule is CC(C)(C)[Si](C)(C)Oc1ccc(SS)cc1. The van der Waals surface area contributed by atoms with E-state index in [2.05, 4.69) is 45.5 Å². The lowest BCUT2D eigenvalue weighted by Gasteiger charge is -2.36. The number of thiol groups is 1. The first kappa shape index (κ1) is 14.0. The quantitative estimate of drug-likeness (QED) is 0.470. The van der Waals surface area contributed by atoms with Crippen LogP contribution in [0.3, 0.4) is 0 Å². The van der Waals surface area contributed by atoms with E-state index in [1.807, 2.05) is 24.3 Å². The minimum Gasteiger partial charge on any atom is -0.544 e. The van der Waals surface area contributed by atoms with Crippen molar-refractivity contribution < 1.29 is 4.43 Å². The molecule has 0 saturated carbocycles. The molecule has 1 aromatic carbocycles. The van der Waals surface area contributed by atoms with Crippen LogP contribution in [0.1, 0.15) is 20.8 Å². The van der Waals surface area contributed by atoms with E-state index in [4.69, 9.17) is 4.43 Å². The van der Waals surface area contributed by atoms with Gasteiger partial charge >= 0.3 is 0 Å². The maximum atomic E-state index is 6.17. The highest BCUT2D eigenvalue weighted by molar-refractivity contribution is 8.68. The third kappa shape index (κ3) is 3.47. The molecule has 1 rings (SSSR count). The zero-order valence-electron chi connectivity index (χ0n) is 10.6. The summed E-state index contributed by atoms with van der Waals surface area (Å²) < 4.78 is 6.17. The molecule has 1 aromatic rings. The molecule has 0 heterocycles. The van der Waals surface area contributed by atoms with Gasteiger partial charge in [0, 0.05) is 4.90 Å². The second-order valence-electron chi connectivity index (χ2n) is 5.43. The third-order valence-electron chi connectivity index (χ3n) is 3.11. The van der Waals surface area contributed by atoms with Crippen LogP contribution >= 0.6 is 22.5 Å². The van der Waals surface area contributed by atoms with Gasteiger partial charge in [-0.2, -0.15) is 0 Å². The molecule has 0 atom stereocenters. The molecule has 1 nitrogen and oxygen atoms in total. The number of hydrogen-bond donors (Lipinski definition) is 1. The van der Waals surface area contributed by atoms with Gasteiger partial charge < -0.3 is 4.43 Å². The third-order valence-corrected chi connectivity index (χ3v) is 8.58. The van der Waals surface area contributed by atoms with Crippen molar-refractivity contribution in [3.63, 3.8) is 0 Å². The summed E-state index contributed by atoms with van der Waals surface area (Å²) in [7, 11) is -0.248. The molecular weight excluding hydrogens is 252 g/mol. The fraction of sp³-hybridized carbons (Fsp3) is 0.500. The Morgan fingerprint density at radius 3 is 2.00 bits per heavy atom. The van der Waals surface area contributed by atoms with Crippen molar-refractivity contribution in [2.24, 2.45) is 0 Å².